The van der Waals surface area contributed by atoms with Gasteiger partial charge in [-0.15, -0.1) is 11.3 Å². The number of nitrogens with zero attached hydrogens (tertiary/aromatic N) is 1. The number of carbonyl (C=O) groups is 1. The molecule has 2 N–H and O–H groups in total. The van der Waals surface area contributed by atoms with Crippen LogP contribution in [-0.4, -0.2) is 50.9 Å². The standard InChI is InChI=1S/C11H15Cl2N3O3S2/c1-2-15-11(17)7-6-14-3-4-16(7)21(18,19)8-5-9(12)20-10(8)13/h5,7,14H,2-4,6H2,1H3,(H,15,17). The number of sulfonamides is 1. The van der Waals surface area contributed by atoms with Crippen molar-refractivity contribution in [3.8, 4) is 0 Å². The number of likely N-dealkylation sites (N-methyl/N-ethyl adjacent to an activating group) is 1. The number of nitrogens with one attached hydrogen (secondary N) is 2. The Morgan fingerprint density at radius 2 is 2.29 bits per heavy atom. The van der Waals surface area contributed by atoms with E-state index < -0.39 is 16.1 Å². The fraction of sp³-hybridized carbons (Fsp3) is 0.545. The van der Waals surface area contributed by atoms with E-state index in [0.717, 1.165) is 11.3 Å². The van der Waals surface area contributed by atoms with E-state index in [4.69, 9.17) is 23.2 Å². The average Bonchev–Trinajstić information content (AvgIpc) is 2.79. The predicted molar refractivity (Wildman–Crippen MR) is 83.6 cm³/mol. The maximum absolute atomic E-state index is 12.7. The maximum Gasteiger partial charge on any atom is 0.246 e. The third kappa shape index (κ3) is 3.52. The molecule has 0 aliphatic carbocycles. The van der Waals surface area contributed by atoms with Crippen LogP contribution in [0, 0.1) is 0 Å². The maximum atomic E-state index is 12.7. The Morgan fingerprint density at radius 1 is 1.57 bits per heavy atom. The van der Waals surface area contributed by atoms with Crippen molar-refractivity contribution in [2.75, 3.05) is 26.2 Å². The molecule has 118 valence electrons. The minimum absolute atomic E-state index is 0.0460. The highest BCUT2D eigenvalue weighted by Gasteiger charge is 2.39. The molecule has 0 radical (unpaired) electrons. The number of piperazine rings is 1. The number of rotatable bonds is 4. The highest BCUT2D eigenvalue weighted by Crippen LogP contribution is 2.36. The molecular weight excluding hydrogens is 357 g/mol. The second kappa shape index (κ2) is 6.80. The molecule has 1 amide bonds. The molecule has 1 aliphatic rings. The smallest absolute Gasteiger partial charge is 0.246 e. The van der Waals surface area contributed by atoms with Crippen molar-refractivity contribution >= 4 is 50.5 Å². The highest BCUT2D eigenvalue weighted by molar-refractivity contribution is 7.89. The minimum atomic E-state index is -3.86. The summed E-state index contributed by atoms with van der Waals surface area (Å²) < 4.78 is 27.0. The van der Waals surface area contributed by atoms with E-state index in [1.165, 1.54) is 10.4 Å². The van der Waals surface area contributed by atoms with Crippen molar-refractivity contribution in [1.82, 2.24) is 14.9 Å². The zero-order valence-corrected chi connectivity index (χ0v) is 14.4. The quantitative estimate of drug-likeness (QED) is 0.831. The summed E-state index contributed by atoms with van der Waals surface area (Å²) in [5, 5.41) is 5.67. The summed E-state index contributed by atoms with van der Waals surface area (Å²) in [6.45, 7) is 3.16. The van der Waals surface area contributed by atoms with E-state index in [1.807, 2.05) is 0 Å². The van der Waals surface area contributed by atoms with Gasteiger partial charge >= 0.3 is 0 Å². The van der Waals surface area contributed by atoms with E-state index in [2.05, 4.69) is 10.6 Å². The van der Waals surface area contributed by atoms with Crippen molar-refractivity contribution in [1.29, 1.82) is 0 Å². The SMILES string of the molecule is CCNC(=O)C1CNCCN1S(=O)(=O)c1cc(Cl)sc1Cl. The van der Waals surface area contributed by atoms with Gasteiger partial charge in [0.25, 0.3) is 0 Å². The molecule has 2 heterocycles. The third-order valence-corrected chi connectivity index (χ3v) is 6.72. The molecule has 0 spiro atoms. The van der Waals surface area contributed by atoms with Gasteiger partial charge in [0, 0.05) is 26.2 Å². The van der Waals surface area contributed by atoms with Crippen LogP contribution >= 0.6 is 34.5 Å². The lowest BCUT2D eigenvalue weighted by molar-refractivity contribution is -0.125. The molecule has 1 saturated heterocycles. The number of carbonyl (C=O) groups excluding carboxylic acids is 1. The molecule has 1 aromatic heterocycles. The van der Waals surface area contributed by atoms with Crippen LogP contribution in [0.2, 0.25) is 8.67 Å². The van der Waals surface area contributed by atoms with E-state index in [9.17, 15) is 13.2 Å². The number of halogens is 2. The molecule has 1 fully saturated rings. The highest BCUT2D eigenvalue weighted by atomic mass is 35.5. The van der Waals surface area contributed by atoms with Gasteiger partial charge in [0.05, 0.1) is 4.34 Å². The van der Waals surface area contributed by atoms with Gasteiger partial charge in [-0.3, -0.25) is 4.79 Å². The molecule has 1 unspecified atom stereocenters. The van der Waals surface area contributed by atoms with Crippen LogP contribution in [-0.2, 0) is 14.8 Å². The summed E-state index contributed by atoms with van der Waals surface area (Å²) in [4.78, 5) is 12.0. The van der Waals surface area contributed by atoms with Crippen LogP contribution in [0.25, 0.3) is 0 Å². The lowest BCUT2D eigenvalue weighted by atomic mass is 10.2. The molecule has 21 heavy (non-hydrogen) atoms. The Balaban J connectivity index is 2.36. The summed E-state index contributed by atoms with van der Waals surface area (Å²) in [6, 6.07) is 0.527. The Hall–Kier alpha value is -0.380. The average molecular weight is 372 g/mol. The van der Waals surface area contributed by atoms with Gasteiger partial charge in [-0.05, 0) is 13.0 Å². The van der Waals surface area contributed by atoms with Gasteiger partial charge in [0.2, 0.25) is 15.9 Å². The summed E-state index contributed by atoms with van der Waals surface area (Å²) in [6.07, 6.45) is 0. The monoisotopic (exact) mass is 371 g/mol. The van der Waals surface area contributed by atoms with Crippen LogP contribution in [0.3, 0.4) is 0 Å². The first-order valence-electron chi connectivity index (χ1n) is 6.33. The van der Waals surface area contributed by atoms with Gasteiger partial charge < -0.3 is 10.6 Å². The molecule has 0 bridgehead atoms. The van der Waals surface area contributed by atoms with Gasteiger partial charge in [-0.2, -0.15) is 4.31 Å². The topological polar surface area (TPSA) is 78.5 Å². The Labute approximate surface area is 137 Å². The zero-order valence-electron chi connectivity index (χ0n) is 11.2. The van der Waals surface area contributed by atoms with Gasteiger partial charge in [0.1, 0.15) is 15.3 Å². The molecule has 10 heteroatoms. The lowest BCUT2D eigenvalue weighted by Gasteiger charge is -2.33. The number of hydrogen-bond acceptors (Lipinski definition) is 5. The first-order chi connectivity index (χ1) is 9.87. The Morgan fingerprint density at radius 3 is 2.86 bits per heavy atom. The Kier molecular flexibility index (Phi) is 5.50. The number of thiophene rings is 1. The zero-order chi connectivity index (χ0) is 15.6. The van der Waals surface area contributed by atoms with E-state index in [0.29, 0.717) is 17.4 Å². The molecule has 2 rings (SSSR count). The van der Waals surface area contributed by atoms with Gasteiger partial charge in [-0.25, -0.2) is 8.42 Å². The molecule has 1 aromatic rings. The molecular formula is C11H15Cl2N3O3S2. The fourth-order valence-corrected chi connectivity index (χ4v) is 5.82. The Bertz CT molecular complexity index is 633. The minimum Gasteiger partial charge on any atom is -0.355 e. The predicted octanol–water partition coefficient (Wildman–Crippen LogP) is 1.15. The van der Waals surface area contributed by atoms with Crippen LogP contribution in [0.1, 0.15) is 6.92 Å². The van der Waals surface area contributed by atoms with E-state index in [1.54, 1.807) is 6.92 Å². The normalized spacial score (nSPS) is 20.4. The second-order valence-corrected chi connectivity index (χ2v) is 8.56. The molecule has 0 aromatic carbocycles. The molecule has 1 aliphatic heterocycles. The molecule has 0 saturated carbocycles. The second-order valence-electron chi connectivity index (χ2n) is 4.42. The van der Waals surface area contributed by atoms with Gasteiger partial charge in [-0.1, -0.05) is 23.2 Å². The van der Waals surface area contributed by atoms with E-state index in [-0.39, 0.29) is 28.2 Å². The summed E-state index contributed by atoms with van der Waals surface area (Å²) in [5.74, 6) is -0.328. The third-order valence-electron chi connectivity index (χ3n) is 3.06. The van der Waals surface area contributed by atoms with Crippen molar-refractivity contribution < 1.29 is 13.2 Å². The number of hydrogen-bond donors (Lipinski definition) is 2. The number of amides is 1. The van der Waals surface area contributed by atoms with Gasteiger partial charge in [0.15, 0.2) is 0 Å². The van der Waals surface area contributed by atoms with Crippen molar-refractivity contribution in [2.24, 2.45) is 0 Å². The van der Waals surface area contributed by atoms with Crippen molar-refractivity contribution in [3.63, 3.8) is 0 Å². The first-order valence-corrected chi connectivity index (χ1v) is 9.34. The molecule has 6 nitrogen and oxygen atoms in total. The van der Waals surface area contributed by atoms with Crippen LogP contribution in [0.5, 0.6) is 0 Å². The van der Waals surface area contributed by atoms with Crippen molar-refractivity contribution in [3.05, 3.63) is 14.7 Å². The fourth-order valence-electron chi connectivity index (χ4n) is 2.12. The molecule has 1 atom stereocenters. The van der Waals surface area contributed by atoms with Crippen molar-refractivity contribution in [2.45, 2.75) is 17.9 Å². The largest absolute Gasteiger partial charge is 0.355 e. The summed E-state index contributed by atoms with van der Waals surface area (Å²) in [5.41, 5.74) is 0. The van der Waals surface area contributed by atoms with Crippen LogP contribution < -0.4 is 10.6 Å². The summed E-state index contributed by atoms with van der Waals surface area (Å²) in [7, 11) is -3.86. The van der Waals surface area contributed by atoms with Crippen LogP contribution in [0.4, 0.5) is 0 Å². The van der Waals surface area contributed by atoms with E-state index >= 15 is 0 Å². The summed E-state index contributed by atoms with van der Waals surface area (Å²) >= 11 is 12.8. The first kappa shape index (κ1) is 17.0. The lowest BCUT2D eigenvalue weighted by Crippen LogP contribution is -2.59. The van der Waals surface area contributed by atoms with Crippen LogP contribution in [0.15, 0.2) is 11.0 Å².